The summed E-state index contributed by atoms with van der Waals surface area (Å²) in [6, 6.07) is 3.47. The number of aliphatic hydroxyl groups is 1. The van der Waals surface area contributed by atoms with Crippen LogP contribution in [-0.2, 0) is 25.2 Å². The molecule has 0 spiro atoms. The topological polar surface area (TPSA) is 72.8 Å². The van der Waals surface area contributed by atoms with Crippen LogP contribution in [0.5, 0.6) is 0 Å². The van der Waals surface area contributed by atoms with Gasteiger partial charge in [-0.2, -0.15) is 13.2 Å². The zero-order valence-electron chi connectivity index (χ0n) is 21.5. The third-order valence-electron chi connectivity index (χ3n) is 10.2. The van der Waals surface area contributed by atoms with Crippen molar-refractivity contribution in [1.29, 1.82) is 0 Å². The lowest BCUT2D eigenvalue weighted by atomic mass is 9.46. The lowest BCUT2D eigenvalue weighted by Gasteiger charge is -2.59. The first-order valence-corrected chi connectivity index (χ1v) is 14.2. The minimum absolute atomic E-state index is 0.00104. The predicted octanol–water partition coefficient (Wildman–Crippen LogP) is 5.93. The Morgan fingerprint density at radius 2 is 1.92 bits per heavy atom. The summed E-state index contributed by atoms with van der Waals surface area (Å²) in [6.07, 6.45) is 0.0253. The number of ketones is 1. The van der Waals surface area contributed by atoms with Crippen molar-refractivity contribution in [1.82, 2.24) is 0 Å². The molecule has 39 heavy (non-hydrogen) atoms. The smallest absolute Gasteiger partial charge is 0.393 e. The molecule has 210 valence electrons. The van der Waals surface area contributed by atoms with Gasteiger partial charge in [-0.05, 0) is 61.8 Å². The molecule has 4 aliphatic carbocycles. The maximum atomic E-state index is 13.7. The zero-order valence-corrected chi connectivity index (χ0v) is 22.4. The molecule has 1 N–H and O–H groups in total. The van der Waals surface area contributed by atoms with E-state index in [0.717, 1.165) is 24.1 Å². The fourth-order valence-electron chi connectivity index (χ4n) is 8.55. The van der Waals surface area contributed by atoms with Crippen LogP contribution in [0.25, 0.3) is 0 Å². The van der Waals surface area contributed by atoms with Crippen LogP contribution in [-0.4, -0.2) is 39.8 Å². The lowest BCUT2D eigenvalue weighted by Crippen LogP contribution is -2.62. The second-order valence-electron chi connectivity index (χ2n) is 11.9. The first-order chi connectivity index (χ1) is 18.3. The molecular formula is C29H30F4O5S. The van der Waals surface area contributed by atoms with Gasteiger partial charge in [0.25, 0.3) is 0 Å². The molecule has 4 fully saturated rings. The maximum absolute atomic E-state index is 13.7. The van der Waals surface area contributed by atoms with Gasteiger partial charge in [0.1, 0.15) is 6.01 Å². The molecule has 10 heteroatoms. The fourth-order valence-corrected chi connectivity index (χ4v) is 9.28. The fraction of sp³-hybridized carbons (Fsp3) is 0.586. The van der Waals surface area contributed by atoms with Gasteiger partial charge in [-0.3, -0.25) is 9.59 Å². The Morgan fingerprint density at radius 3 is 2.59 bits per heavy atom. The second kappa shape index (κ2) is 8.99. The summed E-state index contributed by atoms with van der Waals surface area (Å²) < 4.78 is 65.5. The molecule has 1 aliphatic heterocycles. The summed E-state index contributed by atoms with van der Waals surface area (Å²) in [6.45, 7) is 3.95. The van der Waals surface area contributed by atoms with Crippen LogP contribution < -0.4 is 0 Å². The summed E-state index contributed by atoms with van der Waals surface area (Å²) >= 11 is 0.503. The SMILES string of the molecule is C[C@]12C=CC(=O)C=C1CC[C@@H]1[C@@H]2[C@@H](O)C[C@@]2(C)[C@H]1C[C@H]1OC(c3ccc(C(F)(F)F)cc3)O[C@]12C(=O)SCF. The van der Waals surface area contributed by atoms with E-state index in [4.69, 9.17) is 9.47 Å². The summed E-state index contributed by atoms with van der Waals surface area (Å²) in [5, 5.41) is 11.2. The van der Waals surface area contributed by atoms with Crippen molar-refractivity contribution in [3.8, 4) is 0 Å². The highest BCUT2D eigenvalue weighted by Gasteiger charge is 2.76. The monoisotopic (exact) mass is 566 g/mol. The van der Waals surface area contributed by atoms with Crippen LogP contribution in [0.4, 0.5) is 17.6 Å². The van der Waals surface area contributed by atoms with Crippen LogP contribution in [0.1, 0.15) is 56.9 Å². The molecule has 1 unspecified atom stereocenters. The van der Waals surface area contributed by atoms with Crippen LogP contribution in [0.3, 0.4) is 0 Å². The number of halogens is 4. The summed E-state index contributed by atoms with van der Waals surface area (Å²) in [7, 11) is 0. The summed E-state index contributed by atoms with van der Waals surface area (Å²) in [5.74, 6) is -0.319. The summed E-state index contributed by atoms with van der Waals surface area (Å²) in [4.78, 5) is 25.8. The number of aliphatic hydroxyl groups excluding tert-OH is 1. The number of hydrogen-bond donors (Lipinski definition) is 1. The van der Waals surface area contributed by atoms with Gasteiger partial charge in [0, 0.05) is 22.3 Å². The van der Waals surface area contributed by atoms with Gasteiger partial charge in [-0.1, -0.05) is 49.4 Å². The Kier molecular flexibility index (Phi) is 6.27. The molecule has 1 heterocycles. The number of allylic oxidation sites excluding steroid dienone is 4. The number of alkyl halides is 4. The van der Waals surface area contributed by atoms with Crippen molar-refractivity contribution >= 4 is 22.7 Å². The predicted molar refractivity (Wildman–Crippen MR) is 135 cm³/mol. The van der Waals surface area contributed by atoms with E-state index in [9.17, 15) is 32.3 Å². The number of benzene rings is 1. The first kappa shape index (κ1) is 27.2. The number of hydrogen-bond acceptors (Lipinski definition) is 6. The van der Waals surface area contributed by atoms with Gasteiger partial charge < -0.3 is 14.6 Å². The van der Waals surface area contributed by atoms with Crippen molar-refractivity contribution in [3.05, 3.63) is 59.2 Å². The van der Waals surface area contributed by atoms with Gasteiger partial charge in [-0.25, -0.2) is 4.39 Å². The van der Waals surface area contributed by atoms with Gasteiger partial charge >= 0.3 is 6.18 Å². The lowest BCUT2D eigenvalue weighted by molar-refractivity contribution is -0.194. The van der Waals surface area contributed by atoms with Crippen molar-refractivity contribution < 1.29 is 41.7 Å². The van der Waals surface area contributed by atoms with E-state index in [1.165, 1.54) is 12.1 Å². The molecule has 0 aromatic heterocycles. The normalized spacial score (nSPS) is 42.8. The average molecular weight is 567 g/mol. The van der Waals surface area contributed by atoms with E-state index in [1.54, 1.807) is 12.2 Å². The minimum atomic E-state index is -4.50. The molecule has 1 saturated heterocycles. The Bertz CT molecular complexity index is 1260. The molecule has 6 rings (SSSR count). The van der Waals surface area contributed by atoms with Crippen LogP contribution in [0, 0.1) is 28.6 Å². The molecule has 0 bridgehead atoms. The van der Waals surface area contributed by atoms with Gasteiger partial charge in [-0.15, -0.1) is 0 Å². The van der Waals surface area contributed by atoms with Gasteiger partial charge in [0.15, 0.2) is 17.7 Å². The standard InChI is InChI=1S/C29H30F4O5S/c1-26-10-9-18(34)11-17(26)7-8-19-20-12-22-28(25(36)39-14-30,27(20,2)13-21(35)23(19)26)38-24(37-22)15-3-5-16(6-4-15)29(31,32)33/h3-6,9-11,19-24,35H,7-8,12-14H2,1-2H3/t19-,20-,21-,22+,23+,24?,26-,27-,28-/m0/s1. The molecule has 0 amide bonds. The first-order valence-electron chi connectivity index (χ1n) is 13.2. The van der Waals surface area contributed by atoms with E-state index in [0.29, 0.717) is 30.2 Å². The maximum Gasteiger partial charge on any atom is 0.416 e. The highest BCUT2D eigenvalue weighted by atomic mass is 32.2. The highest BCUT2D eigenvalue weighted by molar-refractivity contribution is 8.13. The van der Waals surface area contributed by atoms with Crippen molar-refractivity contribution in [2.45, 2.75) is 69.8 Å². The summed E-state index contributed by atoms with van der Waals surface area (Å²) in [5.41, 5.74) is -2.43. The Balaban J connectivity index is 1.37. The number of ether oxygens (including phenoxy) is 2. The molecule has 5 aliphatic rings. The van der Waals surface area contributed by atoms with E-state index in [-0.39, 0.29) is 30.0 Å². The van der Waals surface area contributed by atoms with E-state index in [2.05, 4.69) is 0 Å². The largest absolute Gasteiger partial charge is 0.416 e. The van der Waals surface area contributed by atoms with Gasteiger partial charge in [0.05, 0.1) is 17.8 Å². The number of carbonyl (C=O) groups excluding carboxylic acids is 2. The molecule has 1 aromatic carbocycles. The number of fused-ring (bicyclic) bond motifs is 7. The number of rotatable bonds is 3. The van der Waals surface area contributed by atoms with E-state index >= 15 is 0 Å². The third-order valence-corrected chi connectivity index (χ3v) is 10.9. The van der Waals surface area contributed by atoms with Gasteiger partial charge in [0.2, 0.25) is 5.12 Å². The average Bonchev–Trinajstić information content (AvgIpc) is 3.37. The molecular weight excluding hydrogens is 536 g/mol. The van der Waals surface area contributed by atoms with E-state index in [1.807, 2.05) is 19.9 Å². The highest BCUT2D eigenvalue weighted by Crippen LogP contribution is 2.71. The van der Waals surface area contributed by atoms with Crippen molar-refractivity contribution in [2.75, 3.05) is 6.01 Å². The number of carbonyl (C=O) groups is 2. The van der Waals surface area contributed by atoms with Crippen molar-refractivity contribution in [2.24, 2.45) is 28.6 Å². The quantitative estimate of drug-likeness (QED) is 0.457. The second-order valence-corrected chi connectivity index (χ2v) is 12.8. The molecule has 0 radical (unpaired) electrons. The molecule has 1 aromatic rings. The Morgan fingerprint density at radius 1 is 1.21 bits per heavy atom. The zero-order chi connectivity index (χ0) is 28.0. The molecule has 5 nitrogen and oxygen atoms in total. The minimum Gasteiger partial charge on any atom is -0.393 e. The third kappa shape index (κ3) is 3.77. The molecule has 3 saturated carbocycles. The Hall–Kier alpha value is -2.01. The number of thioether (sulfide) groups is 1. The Labute approximate surface area is 228 Å². The van der Waals surface area contributed by atoms with Crippen molar-refractivity contribution in [3.63, 3.8) is 0 Å². The molecule has 9 atom stereocenters. The van der Waals surface area contributed by atoms with Crippen LogP contribution in [0.2, 0.25) is 0 Å². The van der Waals surface area contributed by atoms with Crippen LogP contribution in [0.15, 0.2) is 48.1 Å². The van der Waals surface area contributed by atoms with E-state index < -0.39 is 57.8 Å². The van der Waals surface area contributed by atoms with Crippen LogP contribution >= 0.6 is 11.8 Å².